The van der Waals surface area contributed by atoms with Gasteiger partial charge in [-0.1, -0.05) is 6.07 Å². The molecule has 7 heteroatoms. The van der Waals surface area contributed by atoms with Crippen molar-refractivity contribution < 1.29 is 19.1 Å². The Hall–Kier alpha value is -2.93. The summed E-state index contributed by atoms with van der Waals surface area (Å²) >= 11 is 5.32. The lowest BCUT2D eigenvalue weighted by Gasteiger charge is -2.13. The number of methoxy groups -OCH3 is 2. The Bertz CT molecular complexity index is 810. The monoisotopic (exact) mass is 372 g/mol. The molecule has 0 atom stereocenters. The Morgan fingerprint density at radius 1 is 0.769 bits per heavy atom. The predicted molar refractivity (Wildman–Crippen MR) is 105 cm³/mol. The third-order valence-electron chi connectivity index (χ3n) is 3.51. The highest BCUT2D eigenvalue weighted by Gasteiger charge is 2.14. The zero-order valence-electron chi connectivity index (χ0n) is 15.0. The fourth-order valence-electron chi connectivity index (χ4n) is 2.51. The lowest BCUT2D eigenvalue weighted by molar-refractivity contribution is 0.0599. The molecule has 0 spiro atoms. The molecule has 2 aromatic rings. The Labute approximate surface area is 157 Å². The van der Waals surface area contributed by atoms with Crippen LogP contribution >= 0.6 is 12.2 Å². The maximum absolute atomic E-state index is 11.8. The number of nitrogens with one attached hydrogen (secondary N) is 2. The van der Waals surface area contributed by atoms with Gasteiger partial charge < -0.3 is 20.1 Å². The second kappa shape index (κ2) is 8.44. The molecule has 0 aliphatic heterocycles. The van der Waals surface area contributed by atoms with E-state index in [-0.39, 0.29) is 11.1 Å². The van der Waals surface area contributed by atoms with Crippen molar-refractivity contribution in [3.63, 3.8) is 0 Å². The quantitative estimate of drug-likeness (QED) is 0.626. The number of carbonyl (C=O) groups excluding carboxylic acids is 2. The number of esters is 2. The van der Waals surface area contributed by atoms with E-state index in [1.165, 1.54) is 20.3 Å². The molecular formula is C19H20N2O4S. The summed E-state index contributed by atoms with van der Waals surface area (Å²) in [5.74, 6) is -1.13. The molecule has 0 aromatic heterocycles. The van der Waals surface area contributed by atoms with Gasteiger partial charge in [0.1, 0.15) is 0 Å². The molecule has 0 saturated carbocycles. The number of thiocarbonyl (C=S) groups is 1. The van der Waals surface area contributed by atoms with Gasteiger partial charge >= 0.3 is 11.9 Å². The van der Waals surface area contributed by atoms with Crippen LogP contribution in [0.3, 0.4) is 0 Å². The lowest BCUT2D eigenvalue weighted by Crippen LogP contribution is -2.20. The highest BCUT2D eigenvalue weighted by atomic mass is 32.1. The van der Waals surface area contributed by atoms with Crippen molar-refractivity contribution in [3.8, 4) is 0 Å². The average molecular weight is 372 g/mol. The predicted octanol–water partition coefficient (Wildman–Crippen LogP) is 3.69. The molecule has 0 unspecified atom stereocenters. The molecule has 6 nitrogen and oxygen atoms in total. The molecule has 0 saturated heterocycles. The van der Waals surface area contributed by atoms with Crippen molar-refractivity contribution in [1.82, 2.24) is 0 Å². The minimum Gasteiger partial charge on any atom is -0.465 e. The van der Waals surface area contributed by atoms with E-state index in [0.29, 0.717) is 10.8 Å². The van der Waals surface area contributed by atoms with Crippen LogP contribution in [0.2, 0.25) is 0 Å². The number of aryl methyl sites for hydroxylation is 2. The van der Waals surface area contributed by atoms with Gasteiger partial charge in [-0.25, -0.2) is 9.59 Å². The summed E-state index contributed by atoms with van der Waals surface area (Å²) in [6.45, 7) is 3.99. The summed E-state index contributed by atoms with van der Waals surface area (Å²) in [5.41, 5.74) is 3.96. The molecule has 2 N–H and O–H groups in total. The van der Waals surface area contributed by atoms with E-state index in [1.54, 1.807) is 12.1 Å². The van der Waals surface area contributed by atoms with Crippen LogP contribution in [0.1, 0.15) is 31.8 Å². The van der Waals surface area contributed by atoms with Crippen LogP contribution in [0.25, 0.3) is 0 Å². The van der Waals surface area contributed by atoms with Gasteiger partial charge in [0, 0.05) is 11.4 Å². The first kappa shape index (κ1) is 19.4. The van der Waals surface area contributed by atoms with Gasteiger partial charge in [0.15, 0.2) is 5.11 Å². The van der Waals surface area contributed by atoms with Crippen molar-refractivity contribution in [3.05, 3.63) is 58.7 Å². The average Bonchev–Trinajstić information content (AvgIpc) is 2.58. The van der Waals surface area contributed by atoms with Gasteiger partial charge in [0.25, 0.3) is 0 Å². The number of carbonyl (C=O) groups is 2. The molecule has 0 radical (unpaired) electrons. The minimum absolute atomic E-state index is 0.215. The van der Waals surface area contributed by atoms with E-state index in [1.807, 2.05) is 26.0 Å². The van der Waals surface area contributed by atoms with E-state index >= 15 is 0 Å². The van der Waals surface area contributed by atoms with Crippen LogP contribution in [0, 0.1) is 13.8 Å². The molecule has 0 aliphatic carbocycles. The van der Waals surface area contributed by atoms with E-state index in [0.717, 1.165) is 16.8 Å². The molecule has 2 rings (SSSR count). The van der Waals surface area contributed by atoms with E-state index in [9.17, 15) is 9.59 Å². The topological polar surface area (TPSA) is 76.7 Å². The molecule has 136 valence electrons. The second-order valence-corrected chi connectivity index (χ2v) is 6.15. The van der Waals surface area contributed by atoms with Crippen LogP contribution < -0.4 is 10.6 Å². The fraction of sp³-hybridized carbons (Fsp3) is 0.211. The third-order valence-corrected chi connectivity index (χ3v) is 3.72. The summed E-state index contributed by atoms with van der Waals surface area (Å²) < 4.78 is 9.44. The zero-order valence-corrected chi connectivity index (χ0v) is 15.8. The molecule has 0 aliphatic rings. The van der Waals surface area contributed by atoms with Crippen molar-refractivity contribution in [2.45, 2.75) is 13.8 Å². The van der Waals surface area contributed by atoms with E-state index < -0.39 is 11.9 Å². The first-order chi connectivity index (χ1) is 12.3. The molecule has 26 heavy (non-hydrogen) atoms. The van der Waals surface area contributed by atoms with Crippen LogP contribution in [-0.4, -0.2) is 31.3 Å². The summed E-state index contributed by atoms with van der Waals surface area (Å²) in [6.07, 6.45) is 0. The number of hydrogen-bond donors (Lipinski definition) is 2. The van der Waals surface area contributed by atoms with E-state index in [2.05, 4.69) is 16.7 Å². The first-order valence-corrected chi connectivity index (χ1v) is 8.21. The van der Waals surface area contributed by atoms with Gasteiger partial charge in [-0.2, -0.15) is 0 Å². The highest BCUT2D eigenvalue weighted by molar-refractivity contribution is 7.80. The Morgan fingerprint density at radius 2 is 1.19 bits per heavy atom. The SMILES string of the molecule is COC(=O)c1cc(NC(=S)Nc2cc(C)cc(C)c2)cc(C(=O)OC)c1. The van der Waals surface area contributed by atoms with Crippen molar-refractivity contribution in [2.75, 3.05) is 24.9 Å². The number of anilines is 2. The van der Waals surface area contributed by atoms with Crippen LogP contribution in [0.15, 0.2) is 36.4 Å². The first-order valence-electron chi connectivity index (χ1n) is 7.80. The highest BCUT2D eigenvalue weighted by Crippen LogP contribution is 2.18. The lowest BCUT2D eigenvalue weighted by atomic mass is 10.1. The molecule has 0 bridgehead atoms. The molecular weight excluding hydrogens is 352 g/mol. The number of hydrogen-bond acceptors (Lipinski definition) is 5. The van der Waals surface area contributed by atoms with Crippen molar-refractivity contribution in [1.29, 1.82) is 0 Å². The van der Waals surface area contributed by atoms with Crippen LogP contribution in [-0.2, 0) is 9.47 Å². The third kappa shape index (κ3) is 5.03. The summed E-state index contributed by atoms with van der Waals surface area (Å²) in [7, 11) is 2.54. The summed E-state index contributed by atoms with van der Waals surface area (Å²) in [6, 6.07) is 10.5. The molecule has 0 heterocycles. The largest absolute Gasteiger partial charge is 0.465 e. The number of ether oxygens (including phenoxy) is 2. The van der Waals surface area contributed by atoms with Crippen molar-refractivity contribution in [2.24, 2.45) is 0 Å². The smallest absolute Gasteiger partial charge is 0.337 e. The van der Waals surface area contributed by atoms with Gasteiger partial charge in [-0.05, 0) is 67.5 Å². The standard InChI is InChI=1S/C19H20N2O4S/c1-11-5-12(2)7-15(6-11)20-19(26)21-16-9-13(17(22)24-3)8-14(10-16)18(23)25-4/h5-10H,1-4H3,(H2,20,21,26). The minimum atomic E-state index is -0.563. The van der Waals surface area contributed by atoms with E-state index in [4.69, 9.17) is 21.7 Å². The Kier molecular flexibility index (Phi) is 6.30. The summed E-state index contributed by atoms with van der Waals surface area (Å²) in [4.78, 5) is 23.7. The van der Waals surface area contributed by atoms with Crippen LogP contribution in [0.5, 0.6) is 0 Å². The maximum atomic E-state index is 11.8. The molecule has 0 fully saturated rings. The van der Waals surface area contributed by atoms with Gasteiger partial charge in [-0.15, -0.1) is 0 Å². The van der Waals surface area contributed by atoms with Gasteiger partial charge in [0.2, 0.25) is 0 Å². The summed E-state index contributed by atoms with van der Waals surface area (Å²) in [5, 5.41) is 6.38. The van der Waals surface area contributed by atoms with Crippen LogP contribution in [0.4, 0.5) is 11.4 Å². The number of rotatable bonds is 4. The van der Waals surface area contributed by atoms with Crippen molar-refractivity contribution >= 4 is 40.6 Å². The normalized spacial score (nSPS) is 10.0. The molecule has 0 amide bonds. The van der Waals surface area contributed by atoms with Gasteiger partial charge in [0.05, 0.1) is 25.3 Å². The zero-order chi connectivity index (χ0) is 19.3. The number of benzene rings is 2. The Balaban J connectivity index is 2.25. The molecule has 2 aromatic carbocycles. The Morgan fingerprint density at radius 3 is 1.62 bits per heavy atom. The van der Waals surface area contributed by atoms with Gasteiger partial charge in [-0.3, -0.25) is 0 Å². The fourth-order valence-corrected chi connectivity index (χ4v) is 2.75. The second-order valence-electron chi connectivity index (χ2n) is 5.74. The maximum Gasteiger partial charge on any atom is 0.337 e.